The predicted octanol–water partition coefficient (Wildman–Crippen LogP) is 2.82. The first-order chi connectivity index (χ1) is 11.2. The van der Waals surface area contributed by atoms with E-state index < -0.39 is 5.97 Å². The third-order valence-electron chi connectivity index (χ3n) is 4.14. The average molecular weight is 311 g/mol. The molecule has 4 heteroatoms. The Kier molecular flexibility index (Phi) is 4.93. The van der Waals surface area contributed by atoms with Crippen molar-refractivity contribution in [1.29, 1.82) is 0 Å². The summed E-state index contributed by atoms with van der Waals surface area (Å²) >= 11 is 0. The maximum atomic E-state index is 10.8. The summed E-state index contributed by atoms with van der Waals surface area (Å²) in [4.78, 5) is 12.9. The van der Waals surface area contributed by atoms with Crippen LogP contribution in [-0.2, 0) is 17.8 Å². The van der Waals surface area contributed by atoms with Crippen LogP contribution in [0, 0.1) is 5.92 Å². The normalized spacial score (nSPS) is 15.1. The lowest BCUT2D eigenvalue weighted by Gasteiger charge is -2.36. The number of carboxylic acid groups (broad SMARTS) is 1. The van der Waals surface area contributed by atoms with E-state index in [4.69, 9.17) is 9.84 Å². The number of carboxylic acids is 1. The van der Waals surface area contributed by atoms with Crippen molar-refractivity contribution in [2.24, 2.45) is 5.92 Å². The van der Waals surface area contributed by atoms with Gasteiger partial charge in [0.25, 0.3) is 0 Å². The van der Waals surface area contributed by atoms with Crippen molar-refractivity contribution in [3.63, 3.8) is 0 Å². The van der Waals surface area contributed by atoms with E-state index in [-0.39, 0.29) is 5.92 Å². The highest BCUT2D eigenvalue weighted by Crippen LogP contribution is 2.20. The van der Waals surface area contributed by atoms with E-state index in [0.717, 1.165) is 18.7 Å². The Hall–Kier alpha value is -2.33. The van der Waals surface area contributed by atoms with Gasteiger partial charge in [0.2, 0.25) is 0 Å². The van der Waals surface area contributed by atoms with E-state index in [1.165, 1.54) is 11.1 Å². The number of hydrogen-bond acceptors (Lipinski definition) is 3. The molecular formula is C19H21NO3. The Balaban J connectivity index is 1.42. The van der Waals surface area contributed by atoms with Crippen molar-refractivity contribution >= 4 is 5.97 Å². The van der Waals surface area contributed by atoms with Crippen molar-refractivity contribution in [2.45, 2.75) is 13.0 Å². The quantitative estimate of drug-likeness (QED) is 0.854. The largest absolute Gasteiger partial charge is 0.493 e. The second-order valence-corrected chi connectivity index (χ2v) is 5.96. The SMILES string of the molecule is O=C(O)C1CN(Cc2ccc(OCCc3ccccc3)cc2)C1. The van der Waals surface area contributed by atoms with Crippen LogP contribution in [0.5, 0.6) is 5.75 Å². The molecule has 4 nitrogen and oxygen atoms in total. The van der Waals surface area contributed by atoms with Crippen molar-refractivity contribution < 1.29 is 14.6 Å². The highest BCUT2D eigenvalue weighted by atomic mass is 16.5. The molecule has 0 radical (unpaired) electrons. The molecule has 3 rings (SSSR count). The van der Waals surface area contributed by atoms with E-state index in [1.54, 1.807) is 0 Å². The molecule has 1 heterocycles. The zero-order chi connectivity index (χ0) is 16.1. The Morgan fingerprint density at radius 1 is 1.04 bits per heavy atom. The van der Waals surface area contributed by atoms with Crippen LogP contribution >= 0.6 is 0 Å². The van der Waals surface area contributed by atoms with Gasteiger partial charge in [0.1, 0.15) is 5.75 Å². The molecule has 120 valence electrons. The minimum Gasteiger partial charge on any atom is -0.493 e. The first kappa shape index (κ1) is 15.6. The van der Waals surface area contributed by atoms with Gasteiger partial charge in [0.15, 0.2) is 0 Å². The second-order valence-electron chi connectivity index (χ2n) is 5.96. The fourth-order valence-electron chi connectivity index (χ4n) is 2.74. The third kappa shape index (κ3) is 4.33. The third-order valence-corrected chi connectivity index (χ3v) is 4.14. The van der Waals surface area contributed by atoms with Crippen LogP contribution in [0.3, 0.4) is 0 Å². The van der Waals surface area contributed by atoms with Crippen LogP contribution in [0.15, 0.2) is 54.6 Å². The lowest BCUT2D eigenvalue weighted by Crippen LogP contribution is -2.49. The fraction of sp³-hybridized carbons (Fsp3) is 0.316. The monoisotopic (exact) mass is 311 g/mol. The summed E-state index contributed by atoms with van der Waals surface area (Å²) < 4.78 is 5.77. The number of nitrogens with zero attached hydrogens (tertiary/aromatic N) is 1. The molecule has 0 bridgehead atoms. The summed E-state index contributed by atoms with van der Waals surface area (Å²) in [5, 5.41) is 8.88. The van der Waals surface area contributed by atoms with Crippen LogP contribution in [0.1, 0.15) is 11.1 Å². The topological polar surface area (TPSA) is 49.8 Å². The molecular weight excluding hydrogens is 290 g/mol. The molecule has 1 N–H and O–H groups in total. The van der Waals surface area contributed by atoms with E-state index >= 15 is 0 Å². The molecule has 0 unspecified atom stereocenters. The van der Waals surface area contributed by atoms with Crippen LogP contribution in [-0.4, -0.2) is 35.7 Å². The molecule has 0 aromatic heterocycles. The summed E-state index contributed by atoms with van der Waals surface area (Å²) in [7, 11) is 0. The zero-order valence-electron chi connectivity index (χ0n) is 13.0. The number of hydrogen-bond donors (Lipinski definition) is 1. The molecule has 1 aliphatic rings. The Labute approximate surface area is 136 Å². The van der Waals surface area contributed by atoms with Gasteiger partial charge in [-0.25, -0.2) is 0 Å². The number of likely N-dealkylation sites (tertiary alicyclic amines) is 1. The molecule has 0 spiro atoms. The van der Waals surface area contributed by atoms with E-state index in [0.29, 0.717) is 19.7 Å². The maximum Gasteiger partial charge on any atom is 0.309 e. The van der Waals surface area contributed by atoms with Gasteiger partial charge < -0.3 is 9.84 Å². The van der Waals surface area contributed by atoms with Gasteiger partial charge in [-0.3, -0.25) is 9.69 Å². The van der Waals surface area contributed by atoms with E-state index in [9.17, 15) is 4.79 Å². The van der Waals surface area contributed by atoms with Crippen LogP contribution in [0.2, 0.25) is 0 Å². The summed E-state index contributed by atoms with van der Waals surface area (Å²) in [5.41, 5.74) is 2.46. The van der Waals surface area contributed by atoms with Gasteiger partial charge in [-0.15, -0.1) is 0 Å². The van der Waals surface area contributed by atoms with Gasteiger partial charge in [0, 0.05) is 26.1 Å². The van der Waals surface area contributed by atoms with Gasteiger partial charge in [-0.2, -0.15) is 0 Å². The van der Waals surface area contributed by atoms with Gasteiger partial charge in [-0.1, -0.05) is 42.5 Å². The van der Waals surface area contributed by atoms with Crippen molar-refractivity contribution in [2.75, 3.05) is 19.7 Å². The second kappa shape index (κ2) is 7.29. The van der Waals surface area contributed by atoms with Crippen molar-refractivity contribution in [3.8, 4) is 5.75 Å². The van der Waals surface area contributed by atoms with Gasteiger partial charge in [-0.05, 0) is 23.3 Å². The smallest absolute Gasteiger partial charge is 0.309 e. The first-order valence-electron chi connectivity index (χ1n) is 7.91. The van der Waals surface area contributed by atoms with Crippen molar-refractivity contribution in [3.05, 3.63) is 65.7 Å². The molecule has 0 amide bonds. The van der Waals surface area contributed by atoms with E-state index in [2.05, 4.69) is 17.0 Å². The lowest BCUT2D eigenvalue weighted by atomic mass is 10.00. The zero-order valence-corrected chi connectivity index (χ0v) is 13.0. The summed E-state index contributed by atoms with van der Waals surface area (Å²) in [6.07, 6.45) is 0.896. The Bertz CT molecular complexity index is 633. The van der Waals surface area contributed by atoms with Crippen LogP contribution in [0.4, 0.5) is 0 Å². The molecule has 0 saturated carbocycles. The summed E-state index contributed by atoms with van der Waals surface area (Å²) in [6.45, 7) is 2.75. The fourth-order valence-corrected chi connectivity index (χ4v) is 2.74. The van der Waals surface area contributed by atoms with E-state index in [1.807, 2.05) is 42.5 Å². The molecule has 23 heavy (non-hydrogen) atoms. The number of ether oxygens (including phenoxy) is 1. The maximum absolute atomic E-state index is 10.8. The Morgan fingerprint density at radius 2 is 1.74 bits per heavy atom. The summed E-state index contributed by atoms with van der Waals surface area (Å²) in [6, 6.07) is 18.3. The molecule has 2 aromatic rings. The molecule has 2 aromatic carbocycles. The minimum absolute atomic E-state index is 0.199. The van der Waals surface area contributed by atoms with Crippen molar-refractivity contribution in [1.82, 2.24) is 4.90 Å². The average Bonchev–Trinajstić information content (AvgIpc) is 2.52. The molecule has 1 saturated heterocycles. The first-order valence-corrected chi connectivity index (χ1v) is 7.91. The highest BCUT2D eigenvalue weighted by molar-refractivity contribution is 5.71. The van der Waals surface area contributed by atoms with Crippen LogP contribution in [0.25, 0.3) is 0 Å². The molecule has 1 fully saturated rings. The molecule has 1 aliphatic heterocycles. The van der Waals surface area contributed by atoms with Gasteiger partial charge in [0.05, 0.1) is 12.5 Å². The summed E-state index contributed by atoms with van der Waals surface area (Å²) in [5.74, 6) is -0.0179. The number of benzene rings is 2. The lowest BCUT2D eigenvalue weighted by molar-refractivity contribution is -0.147. The standard InChI is InChI=1S/C19H21NO3/c21-19(22)17-13-20(14-17)12-16-6-8-18(9-7-16)23-11-10-15-4-2-1-3-5-15/h1-9,17H,10-14H2,(H,21,22). The minimum atomic E-state index is -0.691. The number of aliphatic carboxylic acids is 1. The van der Waals surface area contributed by atoms with Gasteiger partial charge >= 0.3 is 5.97 Å². The molecule has 0 aliphatic carbocycles. The van der Waals surface area contributed by atoms with Crippen LogP contribution < -0.4 is 4.74 Å². The predicted molar refractivity (Wildman–Crippen MR) is 88.5 cm³/mol. The Morgan fingerprint density at radius 3 is 2.39 bits per heavy atom. The highest BCUT2D eigenvalue weighted by Gasteiger charge is 2.31. The number of rotatable bonds is 7. The number of carbonyl (C=O) groups is 1. The molecule has 0 atom stereocenters.